The first kappa shape index (κ1) is 13.0. The molecule has 0 amide bonds. The zero-order valence-electron chi connectivity index (χ0n) is 9.62. The Hall–Kier alpha value is -1.41. The standard InChI is InChI=1S/C10H9BrN4O2S/c1-6-12-13-10(14(6)2)18-9-4-3-7(11)5-8(9)15(16)17/h3-5H,1-2H3. The van der Waals surface area contributed by atoms with Crippen LogP contribution in [-0.4, -0.2) is 19.7 Å². The van der Waals surface area contributed by atoms with E-state index in [0.717, 1.165) is 5.82 Å². The van der Waals surface area contributed by atoms with Gasteiger partial charge in [-0.25, -0.2) is 0 Å². The van der Waals surface area contributed by atoms with E-state index in [9.17, 15) is 10.1 Å². The topological polar surface area (TPSA) is 73.8 Å². The highest BCUT2D eigenvalue weighted by Gasteiger charge is 2.17. The molecule has 0 saturated heterocycles. The van der Waals surface area contributed by atoms with E-state index in [2.05, 4.69) is 26.1 Å². The third kappa shape index (κ3) is 2.54. The van der Waals surface area contributed by atoms with Crippen LogP contribution in [0.5, 0.6) is 0 Å². The van der Waals surface area contributed by atoms with Gasteiger partial charge in [0.25, 0.3) is 5.69 Å². The van der Waals surface area contributed by atoms with Crippen molar-refractivity contribution >= 4 is 33.4 Å². The molecule has 0 aliphatic rings. The van der Waals surface area contributed by atoms with Crippen LogP contribution < -0.4 is 0 Å². The summed E-state index contributed by atoms with van der Waals surface area (Å²) in [4.78, 5) is 11.1. The number of nitro benzene ring substituents is 1. The summed E-state index contributed by atoms with van der Waals surface area (Å²) in [5.41, 5.74) is 0.0510. The van der Waals surface area contributed by atoms with E-state index in [0.29, 0.717) is 14.5 Å². The second-order valence-electron chi connectivity index (χ2n) is 3.56. The Morgan fingerprint density at radius 3 is 2.72 bits per heavy atom. The highest BCUT2D eigenvalue weighted by molar-refractivity contribution is 9.10. The SMILES string of the molecule is Cc1nnc(Sc2ccc(Br)cc2[N+](=O)[O-])n1C. The van der Waals surface area contributed by atoms with Crippen molar-refractivity contribution in [2.45, 2.75) is 17.0 Å². The number of benzene rings is 1. The van der Waals surface area contributed by atoms with Crippen molar-refractivity contribution in [3.05, 3.63) is 38.6 Å². The van der Waals surface area contributed by atoms with Gasteiger partial charge in [-0.3, -0.25) is 10.1 Å². The predicted octanol–water partition coefficient (Wildman–Crippen LogP) is 2.95. The first-order valence-corrected chi connectivity index (χ1v) is 6.58. The summed E-state index contributed by atoms with van der Waals surface area (Å²) >= 11 is 4.45. The quantitative estimate of drug-likeness (QED) is 0.639. The second kappa shape index (κ2) is 5.07. The predicted molar refractivity (Wildman–Crippen MR) is 70.7 cm³/mol. The molecule has 0 radical (unpaired) electrons. The minimum Gasteiger partial charge on any atom is -0.309 e. The molecule has 0 spiro atoms. The maximum atomic E-state index is 11.0. The average molecular weight is 329 g/mol. The van der Waals surface area contributed by atoms with E-state index < -0.39 is 4.92 Å². The van der Waals surface area contributed by atoms with Gasteiger partial charge in [-0.15, -0.1) is 10.2 Å². The molecule has 0 fully saturated rings. The monoisotopic (exact) mass is 328 g/mol. The number of nitro groups is 1. The molecular weight excluding hydrogens is 320 g/mol. The van der Waals surface area contributed by atoms with Gasteiger partial charge in [-0.05, 0) is 30.8 Å². The van der Waals surface area contributed by atoms with Crippen LogP contribution >= 0.6 is 27.7 Å². The summed E-state index contributed by atoms with van der Waals surface area (Å²) in [6.45, 7) is 1.83. The van der Waals surface area contributed by atoms with Crippen LogP contribution in [0.15, 0.2) is 32.7 Å². The minimum atomic E-state index is -0.406. The molecule has 0 bridgehead atoms. The Labute approximate surface area is 116 Å². The van der Waals surface area contributed by atoms with Gasteiger partial charge in [0, 0.05) is 17.6 Å². The maximum Gasteiger partial charge on any atom is 0.284 e. The highest BCUT2D eigenvalue weighted by Crippen LogP contribution is 2.35. The number of hydrogen-bond acceptors (Lipinski definition) is 5. The molecule has 8 heteroatoms. The molecule has 18 heavy (non-hydrogen) atoms. The Bertz CT molecular complexity index is 614. The smallest absolute Gasteiger partial charge is 0.284 e. The Balaban J connectivity index is 2.40. The Kier molecular flexibility index (Phi) is 3.67. The van der Waals surface area contributed by atoms with Crippen LogP contribution in [-0.2, 0) is 7.05 Å². The van der Waals surface area contributed by atoms with Gasteiger partial charge in [0.15, 0.2) is 5.16 Å². The summed E-state index contributed by atoms with van der Waals surface area (Å²) in [5, 5.41) is 19.5. The lowest BCUT2D eigenvalue weighted by atomic mass is 10.3. The van der Waals surface area contributed by atoms with Crippen LogP contribution in [0.25, 0.3) is 0 Å². The van der Waals surface area contributed by atoms with E-state index in [1.165, 1.54) is 17.8 Å². The van der Waals surface area contributed by atoms with Crippen molar-refractivity contribution in [3.8, 4) is 0 Å². The molecule has 0 unspecified atom stereocenters. The molecular formula is C10H9BrN4O2S. The molecule has 0 aliphatic carbocycles. The molecule has 2 aromatic rings. The fourth-order valence-corrected chi connectivity index (χ4v) is 2.56. The lowest BCUT2D eigenvalue weighted by Crippen LogP contribution is -1.95. The fourth-order valence-electron chi connectivity index (χ4n) is 1.29. The zero-order chi connectivity index (χ0) is 13.3. The van der Waals surface area contributed by atoms with Gasteiger partial charge in [-0.2, -0.15) is 0 Å². The molecule has 94 valence electrons. The lowest BCUT2D eigenvalue weighted by Gasteiger charge is -2.03. The van der Waals surface area contributed by atoms with E-state index in [1.54, 1.807) is 16.7 Å². The van der Waals surface area contributed by atoms with Crippen molar-refractivity contribution in [3.63, 3.8) is 0 Å². The van der Waals surface area contributed by atoms with E-state index in [-0.39, 0.29) is 5.69 Å². The summed E-state index contributed by atoms with van der Waals surface area (Å²) < 4.78 is 2.46. The first-order chi connectivity index (χ1) is 8.49. The Morgan fingerprint density at radius 1 is 1.44 bits per heavy atom. The lowest BCUT2D eigenvalue weighted by molar-refractivity contribution is -0.387. The summed E-state index contributed by atoms with van der Waals surface area (Å²) in [6.07, 6.45) is 0. The molecule has 0 atom stereocenters. The van der Waals surface area contributed by atoms with Crippen LogP contribution in [0.4, 0.5) is 5.69 Å². The van der Waals surface area contributed by atoms with Crippen molar-refractivity contribution in [2.24, 2.45) is 7.05 Å². The number of aryl methyl sites for hydroxylation is 1. The molecule has 1 aromatic heterocycles. The normalized spacial score (nSPS) is 10.6. The van der Waals surface area contributed by atoms with Crippen LogP contribution in [0.3, 0.4) is 0 Å². The van der Waals surface area contributed by atoms with Crippen molar-refractivity contribution in [1.29, 1.82) is 0 Å². The van der Waals surface area contributed by atoms with Crippen LogP contribution in [0.2, 0.25) is 0 Å². The fraction of sp³-hybridized carbons (Fsp3) is 0.200. The molecule has 0 aliphatic heterocycles. The van der Waals surface area contributed by atoms with Gasteiger partial charge in [-0.1, -0.05) is 15.9 Å². The van der Waals surface area contributed by atoms with E-state index in [1.807, 2.05) is 14.0 Å². The molecule has 1 heterocycles. The van der Waals surface area contributed by atoms with Gasteiger partial charge < -0.3 is 4.57 Å². The van der Waals surface area contributed by atoms with Gasteiger partial charge >= 0.3 is 0 Å². The number of nitrogens with zero attached hydrogens (tertiary/aromatic N) is 4. The number of hydrogen-bond donors (Lipinski definition) is 0. The van der Waals surface area contributed by atoms with Crippen molar-refractivity contribution < 1.29 is 4.92 Å². The Morgan fingerprint density at radius 2 is 2.17 bits per heavy atom. The number of aromatic nitrogens is 3. The largest absolute Gasteiger partial charge is 0.309 e. The van der Waals surface area contributed by atoms with Crippen LogP contribution in [0.1, 0.15) is 5.82 Å². The molecule has 0 saturated carbocycles. The average Bonchev–Trinajstić information content (AvgIpc) is 2.63. The molecule has 0 N–H and O–H groups in total. The zero-order valence-corrected chi connectivity index (χ0v) is 12.0. The van der Waals surface area contributed by atoms with Crippen LogP contribution in [0, 0.1) is 17.0 Å². The molecule has 2 rings (SSSR count). The maximum absolute atomic E-state index is 11.0. The van der Waals surface area contributed by atoms with E-state index >= 15 is 0 Å². The third-order valence-corrected chi connectivity index (χ3v) is 3.97. The van der Waals surface area contributed by atoms with Gasteiger partial charge in [0.1, 0.15) is 5.82 Å². The molecule has 1 aromatic carbocycles. The highest BCUT2D eigenvalue weighted by atomic mass is 79.9. The summed E-state index contributed by atoms with van der Waals surface area (Å²) in [5.74, 6) is 0.761. The van der Waals surface area contributed by atoms with Crippen molar-refractivity contribution in [1.82, 2.24) is 14.8 Å². The summed E-state index contributed by atoms with van der Waals surface area (Å²) in [7, 11) is 1.82. The van der Waals surface area contributed by atoms with Gasteiger partial charge in [0.2, 0.25) is 0 Å². The molecule has 6 nitrogen and oxygen atoms in total. The number of rotatable bonds is 3. The van der Waals surface area contributed by atoms with E-state index in [4.69, 9.17) is 0 Å². The third-order valence-electron chi connectivity index (χ3n) is 2.37. The summed E-state index contributed by atoms with van der Waals surface area (Å²) in [6, 6.07) is 4.93. The number of halogens is 1. The van der Waals surface area contributed by atoms with Gasteiger partial charge in [0.05, 0.1) is 9.82 Å². The first-order valence-electron chi connectivity index (χ1n) is 4.97. The van der Waals surface area contributed by atoms with Crippen molar-refractivity contribution in [2.75, 3.05) is 0 Å². The minimum absolute atomic E-state index is 0.0510. The second-order valence-corrected chi connectivity index (χ2v) is 5.48.